The van der Waals surface area contributed by atoms with Crippen molar-refractivity contribution in [1.29, 1.82) is 0 Å². The first kappa shape index (κ1) is 13.4. The zero-order chi connectivity index (χ0) is 13.8. The van der Waals surface area contributed by atoms with Crippen molar-refractivity contribution >= 4 is 22.5 Å². The number of hydrogen-bond donors (Lipinski definition) is 0. The van der Waals surface area contributed by atoms with Gasteiger partial charge in [-0.3, -0.25) is 9.78 Å². The lowest BCUT2D eigenvalue weighted by atomic mass is 9.98. The molecule has 0 spiro atoms. The topological polar surface area (TPSA) is 47.0 Å². The third-order valence-corrected chi connectivity index (χ3v) is 3.21. The highest BCUT2D eigenvalue weighted by Crippen LogP contribution is 2.22. The van der Waals surface area contributed by atoms with Gasteiger partial charge in [0, 0.05) is 30.0 Å². The van der Waals surface area contributed by atoms with Crippen LogP contribution in [0.2, 0.25) is 0 Å². The van der Waals surface area contributed by atoms with Crippen LogP contribution in [0.25, 0.3) is 10.9 Å². The Morgan fingerprint density at radius 2 is 1.95 bits per heavy atom. The summed E-state index contributed by atoms with van der Waals surface area (Å²) in [5, 5.41) is 0.929. The van der Waals surface area contributed by atoms with Crippen LogP contribution in [0.3, 0.4) is 0 Å². The predicted octanol–water partition coefficient (Wildman–Crippen LogP) is 3.49. The highest BCUT2D eigenvalue weighted by atomic mass is 16.1. The van der Waals surface area contributed by atoms with Crippen LogP contribution in [0.4, 0.5) is 0 Å². The number of aromatic nitrogens is 1. The minimum Gasteiger partial charge on any atom is -0.300 e. The monoisotopic (exact) mass is 255 g/mol. The molecule has 0 radical (unpaired) electrons. The van der Waals surface area contributed by atoms with Crippen LogP contribution in [-0.4, -0.2) is 16.6 Å². The molecule has 0 fully saturated rings. The van der Waals surface area contributed by atoms with E-state index in [9.17, 15) is 9.59 Å². The first-order chi connectivity index (χ1) is 9.09. The van der Waals surface area contributed by atoms with E-state index in [1.165, 1.54) is 0 Å². The molecule has 3 nitrogen and oxygen atoms in total. The molecule has 0 atom stereocenters. The molecule has 0 aliphatic carbocycles. The summed E-state index contributed by atoms with van der Waals surface area (Å²) in [6.07, 6.45) is 3.16. The number of hydrogen-bond acceptors (Lipinski definition) is 3. The smallest absolute Gasteiger partial charge is 0.163 e. The first-order valence-electron chi connectivity index (χ1n) is 6.46. The van der Waals surface area contributed by atoms with Crippen LogP contribution >= 0.6 is 0 Å². The predicted molar refractivity (Wildman–Crippen MR) is 75.3 cm³/mol. The number of pyridine rings is 1. The molecule has 1 aromatic heterocycles. The number of fused-ring (bicyclic) bond motifs is 1. The standard InChI is InChI=1S/C16H17NO2/c1-11-5-3-7-14-16(11)13(9-10-17-14)15(19)8-4-6-12(2)18/h3,5,7,9-10H,4,6,8H2,1-2H3. The summed E-state index contributed by atoms with van der Waals surface area (Å²) in [5.41, 5.74) is 2.62. The Kier molecular flexibility index (Phi) is 4.05. The Bertz CT molecular complexity index is 626. The SMILES string of the molecule is CC(=O)CCCC(=O)c1ccnc2cccc(C)c12. The molecule has 0 bridgehead atoms. The highest BCUT2D eigenvalue weighted by molar-refractivity contribution is 6.08. The third kappa shape index (κ3) is 3.05. The fraction of sp³-hybridized carbons (Fsp3) is 0.312. The van der Waals surface area contributed by atoms with E-state index in [1.807, 2.05) is 25.1 Å². The lowest BCUT2D eigenvalue weighted by Crippen LogP contribution is -2.03. The maximum absolute atomic E-state index is 12.3. The Balaban J connectivity index is 2.29. The molecule has 2 rings (SSSR count). The van der Waals surface area contributed by atoms with Crippen LogP contribution < -0.4 is 0 Å². The lowest BCUT2D eigenvalue weighted by Gasteiger charge is -2.07. The summed E-state index contributed by atoms with van der Waals surface area (Å²) in [6, 6.07) is 7.60. The quantitative estimate of drug-likeness (QED) is 0.768. The second kappa shape index (κ2) is 5.74. The maximum Gasteiger partial charge on any atom is 0.163 e. The average Bonchev–Trinajstić information content (AvgIpc) is 2.38. The van der Waals surface area contributed by atoms with E-state index in [2.05, 4.69) is 4.98 Å². The van der Waals surface area contributed by atoms with E-state index in [1.54, 1.807) is 19.2 Å². The van der Waals surface area contributed by atoms with Gasteiger partial charge in [0.25, 0.3) is 0 Å². The second-order valence-corrected chi connectivity index (χ2v) is 4.81. The number of rotatable bonds is 5. The van der Waals surface area contributed by atoms with Gasteiger partial charge in [0.05, 0.1) is 5.52 Å². The van der Waals surface area contributed by atoms with Gasteiger partial charge in [-0.05, 0) is 38.0 Å². The number of ketones is 2. The molecule has 0 unspecified atom stereocenters. The molecule has 1 heterocycles. The van der Waals surface area contributed by atoms with Crippen molar-refractivity contribution in [3.05, 3.63) is 41.6 Å². The molecular weight excluding hydrogens is 238 g/mol. The zero-order valence-corrected chi connectivity index (χ0v) is 11.3. The molecule has 0 saturated heterocycles. The van der Waals surface area contributed by atoms with Crippen molar-refractivity contribution in [2.45, 2.75) is 33.1 Å². The van der Waals surface area contributed by atoms with Gasteiger partial charge in [-0.1, -0.05) is 12.1 Å². The van der Waals surface area contributed by atoms with Gasteiger partial charge in [0.2, 0.25) is 0 Å². The van der Waals surface area contributed by atoms with Crippen molar-refractivity contribution in [2.24, 2.45) is 0 Å². The number of carbonyl (C=O) groups excluding carboxylic acids is 2. The molecule has 0 aliphatic heterocycles. The molecule has 0 N–H and O–H groups in total. The molecule has 2 aromatic rings. The molecule has 19 heavy (non-hydrogen) atoms. The third-order valence-electron chi connectivity index (χ3n) is 3.21. The van der Waals surface area contributed by atoms with Crippen LogP contribution in [0.5, 0.6) is 0 Å². The van der Waals surface area contributed by atoms with Crippen molar-refractivity contribution in [3.63, 3.8) is 0 Å². The Morgan fingerprint density at radius 1 is 1.16 bits per heavy atom. The molecule has 98 valence electrons. The fourth-order valence-corrected chi connectivity index (χ4v) is 2.25. The minimum atomic E-state index is 0.0861. The van der Waals surface area contributed by atoms with Gasteiger partial charge >= 0.3 is 0 Å². The number of nitrogens with zero attached hydrogens (tertiary/aromatic N) is 1. The van der Waals surface area contributed by atoms with E-state index in [0.29, 0.717) is 24.8 Å². The van der Waals surface area contributed by atoms with Crippen molar-refractivity contribution in [2.75, 3.05) is 0 Å². The highest BCUT2D eigenvalue weighted by Gasteiger charge is 2.12. The summed E-state index contributed by atoms with van der Waals surface area (Å²) in [5.74, 6) is 0.214. The van der Waals surface area contributed by atoms with Crippen LogP contribution in [-0.2, 0) is 4.79 Å². The fourth-order valence-electron chi connectivity index (χ4n) is 2.25. The second-order valence-electron chi connectivity index (χ2n) is 4.81. The molecule has 3 heteroatoms. The summed E-state index contributed by atoms with van der Waals surface area (Å²) >= 11 is 0. The van der Waals surface area contributed by atoms with Crippen LogP contribution in [0.15, 0.2) is 30.5 Å². The van der Waals surface area contributed by atoms with Gasteiger partial charge in [0.15, 0.2) is 5.78 Å². The number of Topliss-reactive ketones (excluding diaryl/α,β-unsaturated/α-hetero) is 2. The molecular formula is C16H17NO2. The van der Waals surface area contributed by atoms with E-state index >= 15 is 0 Å². The Hall–Kier alpha value is -2.03. The zero-order valence-electron chi connectivity index (χ0n) is 11.3. The minimum absolute atomic E-state index is 0.0861. The first-order valence-corrected chi connectivity index (χ1v) is 6.46. The molecule has 0 amide bonds. The van der Waals surface area contributed by atoms with E-state index in [-0.39, 0.29) is 11.6 Å². The van der Waals surface area contributed by atoms with Gasteiger partial charge in [-0.2, -0.15) is 0 Å². The number of carbonyl (C=O) groups is 2. The Morgan fingerprint density at radius 3 is 2.68 bits per heavy atom. The largest absolute Gasteiger partial charge is 0.300 e. The van der Waals surface area contributed by atoms with E-state index < -0.39 is 0 Å². The van der Waals surface area contributed by atoms with Crippen molar-refractivity contribution in [1.82, 2.24) is 4.98 Å². The van der Waals surface area contributed by atoms with Crippen LogP contribution in [0.1, 0.15) is 42.1 Å². The summed E-state index contributed by atoms with van der Waals surface area (Å²) < 4.78 is 0. The average molecular weight is 255 g/mol. The van der Waals surface area contributed by atoms with E-state index in [0.717, 1.165) is 16.5 Å². The van der Waals surface area contributed by atoms with Gasteiger partial charge in [0.1, 0.15) is 5.78 Å². The Labute approximate surface area is 112 Å². The summed E-state index contributed by atoms with van der Waals surface area (Å²) in [6.45, 7) is 3.53. The van der Waals surface area contributed by atoms with E-state index in [4.69, 9.17) is 0 Å². The van der Waals surface area contributed by atoms with Gasteiger partial charge in [-0.15, -0.1) is 0 Å². The van der Waals surface area contributed by atoms with Gasteiger partial charge < -0.3 is 4.79 Å². The number of benzene rings is 1. The van der Waals surface area contributed by atoms with Crippen molar-refractivity contribution < 1.29 is 9.59 Å². The van der Waals surface area contributed by atoms with Crippen LogP contribution in [0, 0.1) is 6.92 Å². The molecule has 1 aromatic carbocycles. The van der Waals surface area contributed by atoms with Gasteiger partial charge in [-0.25, -0.2) is 0 Å². The summed E-state index contributed by atoms with van der Waals surface area (Å²) in [7, 11) is 0. The van der Waals surface area contributed by atoms with Crippen molar-refractivity contribution in [3.8, 4) is 0 Å². The molecule has 0 saturated carbocycles. The summed E-state index contributed by atoms with van der Waals surface area (Å²) in [4.78, 5) is 27.4. The normalized spacial score (nSPS) is 10.6. The molecule has 0 aliphatic rings. The number of aryl methyl sites for hydroxylation is 1. The maximum atomic E-state index is 12.3. The lowest BCUT2D eigenvalue weighted by molar-refractivity contribution is -0.117.